The number of anilines is 1. The minimum Gasteiger partial charge on any atom is -0.398 e. The molecule has 0 saturated carbocycles. The van der Waals surface area contributed by atoms with Gasteiger partial charge in [-0.3, -0.25) is 0 Å². The summed E-state index contributed by atoms with van der Waals surface area (Å²) in [7, 11) is 0. The third-order valence-corrected chi connectivity index (χ3v) is 3.34. The molecule has 1 aromatic heterocycles. The molecule has 1 heterocycles. The van der Waals surface area contributed by atoms with Crippen molar-refractivity contribution in [1.29, 1.82) is 0 Å². The van der Waals surface area contributed by atoms with Crippen LogP contribution in [0.3, 0.4) is 0 Å². The average molecular weight is 265 g/mol. The molecular formula is C16H15N3O. The van der Waals surface area contributed by atoms with Crippen LogP contribution in [0.4, 0.5) is 5.69 Å². The molecule has 100 valence electrons. The van der Waals surface area contributed by atoms with E-state index in [2.05, 4.69) is 10.1 Å². The van der Waals surface area contributed by atoms with Crippen molar-refractivity contribution in [3.63, 3.8) is 0 Å². The number of nitrogen functional groups attached to an aromatic ring is 1. The van der Waals surface area contributed by atoms with Crippen LogP contribution in [-0.2, 0) is 0 Å². The minimum absolute atomic E-state index is 0.481. The molecule has 0 saturated heterocycles. The fraction of sp³-hybridized carbons (Fsp3) is 0.125. The molecule has 3 rings (SSSR count). The first kappa shape index (κ1) is 12.4. The Morgan fingerprint density at radius 1 is 1.00 bits per heavy atom. The third kappa shape index (κ3) is 2.16. The second-order valence-corrected chi connectivity index (χ2v) is 4.81. The maximum atomic E-state index is 5.91. The molecular weight excluding hydrogens is 250 g/mol. The Morgan fingerprint density at radius 2 is 1.80 bits per heavy atom. The minimum atomic E-state index is 0.481. The van der Waals surface area contributed by atoms with Gasteiger partial charge < -0.3 is 10.3 Å². The fourth-order valence-electron chi connectivity index (χ4n) is 2.05. The summed E-state index contributed by atoms with van der Waals surface area (Å²) in [6.45, 7) is 3.99. The van der Waals surface area contributed by atoms with Crippen LogP contribution in [0.5, 0.6) is 0 Å². The van der Waals surface area contributed by atoms with Crippen LogP contribution in [0, 0.1) is 13.8 Å². The van der Waals surface area contributed by atoms with Gasteiger partial charge in [0.15, 0.2) is 0 Å². The van der Waals surface area contributed by atoms with Gasteiger partial charge in [-0.25, -0.2) is 0 Å². The molecule has 4 nitrogen and oxygen atoms in total. The Morgan fingerprint density at radius 3 is 2.55 bits per heavy atom. The number of nitrogens with zero attached hydrogens (tertiary/aromatic N) is 2. The predicted molar refractivity (Wildman–Crippen MR) is 79.1 cm³/mol. The summed E-state index contributed by atoms with van der Waals surface area (Å²) in [4.78, 5) is 4.45. The first-order chi connectivity index (χ1) is 9.65. The van der Waals surface area contributed by atoms with E-state index in [9.17, 15) is 0 Å². The van der Waals surface area contributed by atoms with Crippen molar-refractivity contribution in [2.45, 2.75) is 13.8 Å². The van der Waals surface area contributed by atoms with Gasteiger partial charge in [0.05, 0.1) is 0 Å². The largest absolute Gasteiger partial charge is 0.398 e. The molecule has 0 bridgehead atoms. The molecule has 2 N–H and O–H groups in total. The van der Waals surface area contributed by atoms with E-state index in [1.54, 1.807) is 0 Å². The molecule has 0 aliphatic rings. The fourth-order valence-corrected chi connectivity index (χ4v) is 2.05. The quantitative estimate of drug-likeness (QED) is 0.719. The number of benzene rings is 2. The van der Waals surface area contributed by atoms with Crippen LogP contribution in [-0.4, -0.2) is 10.1 Å². The van der Waals surface area contributed by atoms with Crippen LogP contribution in [0.1, 0.15) is 11.1 Å². The van der Waals surface area contributed by atoms with Crippen molar-refractivity contribution >= 4 is 5.69 Å². The van der Waals surface area contributed by atoms with Crippen LogP contribution >= 0.6 is 0 Å². The van der Waals surface area contributed by atoms with Gasteiger partial charge in [-0.1, -0.05) is 35.5 Å². The SMILES string of the molecule is Cc1ccc(-c2nc(-c3ccccc3C)no2)cc1N. The monoisotopic (exact) mass is 265 g/mol. The van der Waals surface area contributed by atoms with Gasteiger partial charge in [0.25, 0.3) is 5.89 Å². The highest BCUT2D eigenvalue weighted by Gasteiger charge is 2.12. The van der Waals surface area contributed by atoms with E-state index in [1.165, 1.54) is 0 Å². The summed E-state index contributed by atoms with van der Waals surface area (Å²) in [6.07, 6.45) is 0. The smallest absolute Gasteiger partial charge is 0.258 e. The molecule has 20 heavy (non-hydrogen) atoms. The summed E-state index contributed by atoms with van der Waals surface area (Å²) in [5.41, 5.74) is 10.6. The van der Waals surface area contributed by atoms with Crippen LogP contribution < -0.4 is 5.73 Å². The molecule has 0 atom stereocenters. The Balaban J connectivity index is 2.02. The summed E-state index contributed by atoms with van der Waals surface area (Å²) in [5, 5.41) is 4.05. The lowest BCUT2D eigenvalue weighted by atomic mass is 10.1. The topological polar surface area (TPSA) is 64.9 Å². The van der Waals surface area contributed by atoms with E-state index < -0.39 is 0 Å². The summed E-state index contributed by atoms with van der Waals surface area (Å²) < 4.78 is 5.34. The van der Waals surface area contributed by atoms with Gasteiger partial charge in [-0.05, 0) is 37.1 Å². The van der Waals surface area contributed by atoms with Crippen molar-refractivity contribution in [3.05, 3.63) is 53.6 Å². The Labute approximate surface area is 117 Å². The van der Waals surface area contributed by atoms with Crippen molar-refractivity contribution in [2.75, 3.05) is 5.73 Å². The van der Waals surface area contributed by atoms with Crippen molar-refractivity contribution in [1.82, 2.24) is 10.1 Å². The maximum Gasteiger partial charge on any atom is 0.258 e. The van der Waals surface area contributed by atoms with Crippen LogP contribution in [0.25, 0.3) is 22.8 Å². The molecule has 0 aliphatic carbocycles. The lowest BCUT2D eigenvalue weighted by Gasteiger charge is -2.00. The number of aromatic nitrogens is 2. The number of nitrogens with two attached hydrogens (primary N) is 1. The van der Waals surface area contributed by atoms with E-state index in [4.69, 9.17) is 10.3 Å². The Kier molecular flexibility index (Phi) is 2.99. The second-order valence-electron chi connectivity index (χ2n) is 4.81. The molecule has 3 aromatic rings. The molecule has 4 heteroatoms. The number of rotatable bonds is 2. The van der Waals surface area contributed by atoms with Gasteiger partial charge >= 0.3 is 0 Å². The van der Waals surface area contributed by atoms with Crippen LogP contribution in [0.2, 0.25) is 0 Å². The standard InChI is InChI=1S/C16H15N3O/c1-10-5-3-4-6-13(10)15-18-16(20-19-15)12-8-7-11(2)14(17)9-12/h3-9H,17H2,1-2H3. The van der Waals surface area contributed by atoms with Gasteiger partial charge in [0, 0.05) is 16.8 Å². The number of aryl methyl sites for hydroxylation is 2. The number of hydrogen-bond acceptors (Lipinski definition) is 4. The maximum absolute atomic E-state index is 5.91. The molecule has 0 radical (unpaired) electrons. The van der Waals surface area contributed by atoms with Gasteiger partial charge in [-0.15, -0.1) is 0 Å². The molecule has 0 aliphatic heterocycles. The summed E-state index contributed by atoms with van der Waals surface area (Å²) >= 11 is 0. The Hall–Kier alpha value is -2.62. The average Bonchev–Trinajstić information content (AvgIpc) is 2.92. The van der Waals surface area contributed by atoms with E-state index in [0.29, 0.717) is 11.7 Å². The molecule has 0 fully saturated rings. The first-order valence-electron chi connectivity index (χ1n) is 6.41. The van der Waals surface area contributed by atoms with E-state index in [1.807, 2.05) is 56.3 Å². The zero-order chi connectivity index (χ0) is 14.1. The third-order valence-electron chi connectivity index (χ3n) is 3.34. The van der Waals surface area contributed by atoms with Crippen molar-refractivity contribution in [3.8, 4) is 22.8 Å². The van der Waals surface area contributed by atoms with E-state index in [-0.39, 0.29) is 0 Å². The highest BCUT2D eigenvalue weighted by Crippen LogP contribution is 2.26. The first-order valence-corrected chi connectivity index (χ1v) is 6.41. The van der Waals surface area contributed by atoms with Gasteiger partial charge in [-0.2, -0.15) is 4.98 Å². The molecule has 0 unspecified atom stereocenters. The molecule has 0 amide bonds. The highest BCUT2D eigenvalue weighted by atomic mass is 16.5. The van der Waals surface area contributed by atoms with Gasteiger partial charge in [0.2, 0.25) is 5.82 Å². The highest BCUT2D eigenvalue weighted by molar-refractivity contribution is 5.65. The lowest BCUT2D eigenvalue weighted by Crippen LogP contribution is -1.90. The van der Waals surface area contributed by atoms with E-state index >= 15 is 0 Å². The number of hydrogen-bond donors (Lipinski definition) is 1. The van der Waals surface area contributed by atoms with Gasteiger partial charge in [0.1, 0.15) is 0 Å². The molecule has 0 spiro atoms. The zero-order valence-electron chi connectivity index (χ0n) is 11.4. The van der Waals surface area contributed by atoms with Crippen molar-refractivity contribution < 1.29 is 4.52 Å². The summed E-state index contributed by atoms with van der Waals surface area (Å²) in [6, 6.07) is 13.7. The zero-order valence-corrected chi connectivity index (χ0v) is 11.4. The lowest BCUT2D eigenvalue weighted by molar-refractivity contribution is 0.432. The predicted octanol–water partition coefficient (Wildman–Crippen LogP) is 3.60. The Bertz CT molecular complexity index is 762. The molecule has 2 aromatic carbocycles. The second kappa shape index (κ2) is 4.81. The summed E-state index contributed by atoms with van der Waals surface area (Å²) in [5.74, 6) is 1.08. The van der Waals surface area contributed by atoms with E-state index in [0.717, 1.165) is 27.9 Å². The van der Waals surface area contributed by atoms with Crippen molar-refractivity contribution in [2.24, 2.45) is 0 Å². The normalized spacial score (nSPS) is 10.7. The van der Waals surface area contributed by atoms with Crippen LogP contribution in [0.15, 0.2) is 47.0 Å².